The fraction of sp³-hybridized carbons (Fsp3) is 0. The molecule has 2 aromatic carbocycles. The molecule has 1 aromatic heterocycles. The number of hydrogen-bond donors (Lipinski definition) is 0. The van der Waals surface area contributed by atoms with E-state index < -0.39 is 0 Å². The molecule has 0 aliphatic heterocycles. The number of nitrogens with zero attached hydrogens (tertiary/aromatic N) is 1. The molecule has 0 atom stereocenters. The lowest BCUT2D eigenvalue weighted by Gasteiger charge is -1.97. The Morgan fingerprint density at radius 3 is 2.28 bits per heavy atom. The molecule has 3 heteroatoms. The molecule has 1 nitrogen and oxygen atoms in total. The van der Waals surface area contributed by atoms with Crippen LogP contribution in [0.15, 0.2) is 60.0 Å². The second-order valence-electron chi connectivity index (χ2n) is 3.91. The van der Waals surface area contributed by atoms with Crippen molar-refractivity contribution in [1.82, 2.24) is 4.98 Å². The maximum atomic E-state index is 4.70. The van der Waals surface area contributed by atoms with Crippen molar-refractivity contribution in [2.24, 2.45) is 0 Å². The van der Waals surface area contributed by atoms with Crippen LogP contribution < -0.4 is 0 Å². The highest BCUT2D eigenvalue weighted by atomic mass is 127. The van der Waals surface area contributed by atoms with Crippen LogP contribution in [-0.2, 0) is 0 Å². The highest BCUT2D eigenvalue weighted by Crippen LogP contribution is 2.28. The van der Waals surface area contributed by atoms with Crippen LogP contribution >= 0.6 is 33.9 Å². The summed E-state index contributed by atoms with van der Waals surface area (Å²) in [5, 5.41) is 3.19. The molecule has 0 aliphatic rings. The van der Waals surface area contributed by atoms with E-state index in [1.165, 1.54) is 14.7 Å². The summed E-state index contributed by atoms with van der Waals surface area (Å²) in [6.07, 6.45) is 0. The third kappa shape index (κ3) is 2.47. The van der Waals surface area contributed by atoms with Crippen molar-refractivity contribution in [3.8, 4) is 21.8 Å². The first kappa shape index (κ1) is 11.9. The van der Waals surface area contributed by atoms with Gasteiger partial charge in [-0.2, -0.15) is 0 Å². The number of hydrogen-bond acceptors (Lipinski definition) is 2. The molecule has 18 heavy (non-hydrogen) atoms. The lowest BCUT2D eigenvalue weighted by Crippen LogP contribution is -1.79. The van der Waals surface area contributed by atoms with Crippen molar-refractivity contribution in [2.45, 2.75) is 0 Å². The zero-order valence-corrected chi connectivity index (χ0v) is 12.5. The highest BCUT2D eigenvalue weighted by Gasteiger charge is 2.05. The summed E-state index contributed by atoms with van der Waals surface area (Å²) in [7, 11) is 0. The molecule has 0 fully saturated rings. The van der Waals surface area contributed by atoms with E-state index in [1.807, 2.05) is 18.2 Å². The Balaban J connectivity index is 1.97. The number of thiazole rings is 1. The molecule has 0 bridgehead atoms. The summed E-state index contributed by atoms with van der Waals surface area (Å²) >= 11 is 4.00. The molecule has 0 saturated heterocycles. The fourth-order valence-corrected chi connectivity index (χ4v) is 2.94. The molecular weight excluding hydrogens is 353 g/mol. The number of benzene rings is 2. The summed E-state index contributed by atoms with van der Waals surface area (Å²) in [5.41, 5.74) is 3.41. The number of halogens is 1. The Morgan fingerprint density at radius 2 is 1.56 bits per heavy atom. The second-order valence-corrected chi connectivity index (χ2v) is 6.01. The van der Waals surface area contributed by atoms with Crippen LogP contribution in [0.4, 0.5) is 0 Å². The third-order valence-corrected chi connectivity index (χ3v) is 4.28. The van der Waals surface area contributed by atoms with E-state index in [0.717, 1.165) is 10.7 Å². The lowest BCUT2D eigenvalue weighted by atomic mass is 10.2. The molecule has 0 amide bonds. The molecule has 0 saturated carbocycles. The zero-order valence-electron chi connectivity index (χ0n) is 9.51. The summed E-state index contributed by atoms with van der Waals surface area (Å²) in [4.78, 5) is 4.70. The molecule has 0 unspecified atom stereocenters. The molecule has 1 heterocycles. The minimum absolute atomic E-state index is 1.05. The SMILES string of the molecule is Ic1ccc(-c2csc(-c3ccccc3)n2)cc1. The topological polar surface area (TPSA) is 12.9 Å². The van der Waals surface area contributed by atoms with Crippen molar-refractivity contribution < 1.29 is 0 Å². The Morgan fingerprint density at radius 1 is 0.833 bits per heavy atom. The van der Waals surface area contributed by atoms with Crippen molar-refractivity contribution in [3.63, 3.8) is 0 Å². The molecule has 0 aliphatic carbocycles. The smallest absolute Gasteiger partial charge is 0.124 e. The quantitative estimate of drug-likeness (QED) is 0.579. The third-order valence-electron chi connectivity index (χ3n) is 2.66. The maximum absolute atomic E-state index is 4.70. The average Bonchev–Trinajstić information content (AvgIpc) is 2.90. The monoisotopic (exact) mass is 363 g/mol. The van der Waals surface area contributed by atoms with Gasteiger partial charge >= 0.3 is 0 Å². The van der Waals surface area contributed by atoms with Gasteiger partial charge in [0.15, 0.2) is 0 Å². The van der Waals surface area contributed by atoms with Crippen LogP contribution in [0.2, 0.25) is 0 Å². The maximum Gasteiger partial charge on any atom is 0.124 e. The molecule has 0 spiro atoms. The predicted octanol–water partition coefficient (Wildman–Crippen LogP) is 5.08. The van der Waals surface area contributed by atoms with Crippen LogP contribution in [0.5, 0.6) is 0 Å². The molecular formula is C15H10INS. The highest BCUT2D eigenvalue weighted by molar-refractivity contribution is 14.1. The fourth-order valence-electron chi connectivity index (χ4n) is 1.74. The van der Waals surface area contributed by atoms with Gasteiger partial charge in [0.1, 0.15) is 5.01 Å². The first-order valence-electron chi connectivity index (χ1n) is 5.60. The average molecular weight is 363 g/mol. The summed E-state index contributed by atoms with van der Waals surface area (Å²) in [6.45, 7) is 0. The van der Waals surface area contributed by atoms with Crippen molar-refractivity contribution in [3.05, 3.63) is 63.5 Å². The van der Waals surface area contributed by atoms with Crippen LogP contribution in [0.3, 0.4) is 0 Å². The second kappa shape index (κ2) is 5.20. The summed E-state index contributed by atoms with van der Waals surface area (Å²) < 4.78 is 1.25. The summed E-state index contributed by atoms with van der Waals surface area (Å²) in [6, 6.07) is 18.7. The normalized spacial score (nSPS) is 10.5. The molecule has 88 valence electrons. The van der Waals surface area contributed by atoms with E-state index in [2.05, 4.69) is 64.4 Å². The van der Waals surface area contributed by atoms with Gasteiger partial charge in [0.05, 0.1) is 5.69 Å². The van der Waals surface area contributed by atoms with E-state index >= 15 is 0 Å². The Labute approximate surface area is 124 Å². The number of aromatic nitrogens is 1. The first-order valence-corrected chi connectivity index (χ1v) is 7.56. The Kier molecular flexibility index (Phi) is 3.43. The predicted molar refractivity (Wildman–Crippen MR) is 85.7 cm³/mol. The minimum Gasteiger partial charge on any atom is -0.236 e. The van der Waals surface area contributed by atoms with Crippen molar-refractivity contribution >= 4 is 33.9 Å². The molecule has 3 rings (SSSR count). The van der Waals surface area contributed by atoms with Gasteiger partial charge in [-0.15, -0.1) is 11.3 Å². The van der Waals surface area contributed by atoms with E-state index in [4.69, 9.17) is 4.98 Å². The molecule has 0 radical (unpaired) electrons. The molecule has 3 aromatic rings. The van der Waals surface area contributed by atoms with Crippen molar-refractivity contribution in [2.75, 3.05) is 0 Å². The van der Waals surface area contributed by atoms with Crippen LogP contribution in [0, 0.1) is 3.57 Å². The van der Waals surface area contributed by atoms with Gasteiger partial charge in [-0.3, -0.25) is 0 Å². The largest absolute Gasteiger partial charge is 0.236 e. The van der Waals surface area contributed by atoms with Gasteiger partial charge in [-0.05, 0) is 34.7 Å². The zero-order chi connectivity index (χ0) is 12.4. The van der Waals surface area contributed by atoms with E-state index in [0.29, 0.717) is 0 Å². The van der Waals surface area contributed by atoms with E-state index in [-0.39, 0.29) is 0 Å². The van der Waals surface area contributed by atoms with Gasteiger partial charge in [-0.1, -0.05) is 42.5 Å². The van der Waals surface area contributed by atoms with Gasteiger partial charge in [-0.25, -0.2) is 4.98 Å². The van der Waals surface area contributed by atoms with Gasteiger partial charge in [0.2, 0.25) is 0 Å². The van der Waals surface area contributed by atoms with E-state index in [1.54, 1.807) is 11.3 Å². The van der Waals surface area contributed by atoms with Crippen LogP contribution in [0.25, 0.3) is 21.8 Å². The van der Waals surface area contributed by atoms with Gasteiger partial charge < -0.3 is 0 Å². The van der Waals surface area contributed by atoms with Crippen LogP contribution in [0.1, 0.15) is 0 Å². The van der Waals surface area contributed by atoms with Gasteiger partial charge in [0.25, 0.3) is 0 Å². The lowest BCUT2D eigenvalue weighted by molar-refractivity contribution is 1.40. The van der Waals surface area contributed by atoms with Crippen LogP contribution in [-0.4, -0.2) is 4.98 Å². The molecule has 0 N–H and O–H groups in total. The van der Waals surface area contributed by atoms with Gasteiger partial charge in [0, 0.05) is 20.1 Å². The Bertz CT molecular complexity index is 644. The Hall–Kier alpha value is -1.20. The standard InChI is InChI=1S/C15H10INS/c16-13-8-6-11(7-9-13)14-10-18-15(17-14)12-4-2-1-3-5-12/h1-10H. The summed E-state index contributed by atoms with van der Waals surface area (Å²) in [5.74, 6) is 0. The first-order chi connectivity index (χ1) is 8.83. The van der Waals surface area contributed by atoms with E-state index in [9.17, 15) is 0 Å². The number of rotatable bonds is 2. The minimum atomic E-state index is 1.05. The van der Waals surface area contributed by atoms with Crippen molar-refractivity contribution in [1.29, 1.82) is 0 Å².